The summed E-state index contributed by atoms with van der Waals surface area (Å²) in [5.41, 5.74) is 2.19. The van der Waals surface area contributed by atoms with Gasteiger partial charge in [0.1, 0.15) is 6.61 Å². The molecule has 0 aliphatic carbocycles. The van der Waals surface area contributed by atoms with Crippen LogP contribution in [0.1, 0.15) is 73.1 Å². The molecular formula is C22H34O3. The monoisotopic (exact) mass is 346 g/mol. The van der Waals surface area contributed by atoms with Crippen LogP contribution in [0.2, 0.25) is 0 Å². The molecule has 0 aromatic carbocycles. The highest BCUT2D eigenvalue weighted by Crippen LogP contribution is 2.45. The normalized spacial score (nSPS) is 36.2. The molecule has 1 saturated heterocycles. The van der Waals surface area contributed by atoms with Crippen LogP contribution in [0.15, 0.2) is 35.5 Å². The highest BCUT2D eigenvalue weighted by atomic mass is 16.5. The van der Waals surface area contributed by atoms with E-state index in [1.54, 1.807) is 0 Å². The van der Waals surface area contributed by atoms with Crippen molar-refractivity contribution < 1.29 is 14.3 Å². The van der Waals surface area contributed by atoms with Gasteiger partial charge in [-0.05, 0) is 63.9 Å². The van der Waals surface area contributed by atoms with Gasteiger partial charge in [0.25, 0.3) is 0 Å². The molecule has 0 amide bonds. The fraction of sp³-hybridized carbons (Fsp3) is 0.682. The second kappa shape index (κ2) is 8.35. The van der Waals surface area contributed by atoms with Crippen molar-refractivity contribution in [2.24, 2.45) is 5.92 Å². The Kier molecular flexibility index (Phi) is 6.67. The third-order valence-electron chi connectivity index (χ3n) is 5.59. The van der Waals surface area contributed by atoms with Crippen molar-refractivity contribution in [3.63, 3.8) is 0 Å². The average Bonchev–Trinajstić information content (AvgIpc) is 2.88. The van der Waals surface area contributed by atoms with Gasteiger partial charge in [-0.2, -0.15) is 0 Å². The number of carbonyl (C=O) groups is 1. The maximum Gasteiger partial charge on any atom is 0.302 e. The van der Waals surface area contributed by atoms with Crippen molar-refractivity contribution in [2.45, 2.75) is 84.3 Å². The lowest BCUT2D eigenvalue weighted by molar-refractivity contribution is -0.139. The van der Waals surface area contributed by atoms with Crippen molar-refractivity contribution in [1.82, 2.24) is 0 Å². The lowest BCUT2D eigenvalue weighted by Crippen LogP contribution is -2.36. The SMILES string of the molecule is CC(=O)OCC1=C/CC/C(C)=C/CC[C@@]2(C)CC[C@@](C(C)C)(\C=C\1)O2. The highest BCUT2D eigenvalue weighted by Gasteiger charge is 2.46. The number of allylic oxidation sites excluding steroid dienone is 3. The molecule has 2 atom stereocenters. The Morgan fingerprint density at radius 2 is 2.00 bits per heavy atom. The van der Waals surface area contributed by atoms with E-state index in [0.717, 1.165) is 44.1 Å². The second-order valence-electron chi connectivity index (χ2n) is 8.18. The van der Waals surface area contributed by atoms with Crippen molar-refractivity contribution in [2.75, 3.05) is 6.61 Å². The molecule has 0 N–H and O–H groups in total. The van der Waals surface area contributed by atoms with Crippen molar-refractivity contribution in [3.8, 4) is 0 Å². The Hall–Kier alpha value is -1.35. The topological polar surface area (TPSA) is 35.5 Å². The molecular weight excluding hydrogens is 312 g/mol. The number of esters is 1. The highest BCUT2D eigenvalue weighted by molar-refractivity contribution is 5.66. The zero-order valence-corrected chi connectivity index (χ0v) is 16.6. The van der Waals surface area contributed by atoms with Crippen LogP contribution in [0.3, 0.4) is 0 Å². The fourth-order valence-electron chi connectivity index (χ4n) is 3.73. The van der Waals surface area contributed by atoms with E-state index in [1.807, 2.05) is 0 Å². The minimum Gasteiger partial charge on any atom is -0.461 e. The molecule has 0 unspecified atom stereocenters. The molecule has 140 valence electrons. The molecule has 0 aromatic heterocycles. The summed E-state index contributed by atoms with van der Waals surface area (Å²) < 4.78 is 11.9. The van der Waals surface area contributed by atoms with Gasteiger partial charge in [0.2, 0.25) is 0 Å². The second-order valence-corrected chi connectivity index (χ2v) is 8.18. The average molecular weight is 347 g/mol. The third kappa shape index (κ3) is 5.57. The lowest BCUT2D eigenvalue weighted by Gasteiger charge is -2.34. The van der Waals surface area contributed by atoms with Crippen molar-refractivity contribution in [1.29, 1.82) is 0 Å². The Balaban J connectivity index is 2.30. The van der Waals surface area contributed by atoms with Crippen LogP contribution in [0.5, 0.6) is 0 Å². The number of fused-ring (bicyclic) bond motifs is 2. The summed E-state index contributed by atoms with van der Waals surface area (Å²) in [6.07, 6.45) is 15.2. The van der Waals surface area contributed by atoms with Gasteiger partial charge in [-0.25, -0.2) is 0 Å². The Labute approximate surface area is 153 Å². The largest absolute Gasteiger partial charge is 0.461 e. The number of carbonyl (C=O) groups excluding carboxylic acids is 1. The third-order valence-corrected chi connectivity index (χ3v) is 5.59. The van der Waals surface area contributed by atoms with Crippen LogP contribution in [0, 0.1) is 5.92 Å². The van der Waals surface area contributed by atoms with Gasteiger partial charge in [-0.15, -0.1) is 0 Å². The molecule has 0 saturated carbocycles. The first-order chi connectivity index (χ1) is 11.7. The number of ether oxygens (including phenoxy) is 2. The summed E-state index contributed by atoms with van der Waals surface area (Å²) in [5.74, 6) is 0.166. The minimum absolute atomic E-state index is 0.0563. The molecule has 2 rings (SSSR count). The number of rotatable bonds is 3. The zero-order valence-electron chi connectivity index (χ0n) is 16.6. The van der Waals surface area contributed by atoms with Crippen LogP contribution in [0.4, 0.5) is 0 Å². The van der Waals surface area contributed by atoms with Crippen molar-refractivity contribution in [3.05, 3.63) is 35.5 Å². The molecule has 2 aliphatic heterocycles. The summed E-state index contributed by atoms with van der Waals surface area (Å²) in [5, 5.41) is 0. The van der Waals surface area contributed by atoms with Crippen molar-refractivity contribution >= 4 is 5.97 Å². The van der Waals surface area contributed by atoms with Gasteiger partial charge in [-0.1, -0.05) is 43.7 Å². The van der Waals surface area contributed by atoms with E-state index >= 15 is 0 Å². The first-order valence-electron chi connectivity index (χ1n) is 9.62. The molecule has 2 heterocycles. The Morgan fingerprint density at radius 3 is 2.68 bits per heavy atom. The van der Waals surface area contributed by atoms with E-state index < -0.39 is 0 Å². The van der Waals surface area contributed by atoms with Gasteiger partial charge >= 0.3 is 5.97 Å². The van der Waals surface area contributed by atoms with E-state index in [4.69, 9.17) is 9.47 Å². The maximum atomic E-state index is 11.2. The van der Waals surface area contributed by atoms with E-state index in [2.05, 4.69) is 52.0 Å². The smallest absolute Gasteiger partial charge is 0.302 e. The van der Waals surface area contributed by atoms with Gasteiger partial charge in [0.15, 0.2) is 0 Å². The van der Waals surface area contributed by atoms with Crippen LogP contribution in [-0.2, 0) is 14.3 Å². The Morgan fingerprint density at radius 1 is 1.24 bits per heavy atom. The van der Waals surface area contributed by atoms with E-state index in [9.17, 15) is 4.79 Å². The summed E-state index contributed by atoms with van der Waals surface area (Å²) in [7, 11) is 0. The number of hydrogen-bond donors (Lipinski definition) is 0. The molecule has 0 spiro atoms. The van der Waals surface area contributed by atoms with Gasteiger partial charge in [-0.3, -0.25) is 4.79 Å². The van der Waals surface area contributed by atoms with Gasteiger partial charge in [0, 0.05) is 6.92 Å². The quantitative estimate of drug-likeness (QED) is 0.499. The maximum absolute atomic E-state index is 11.2. The minimum atomic E-state index is -0.239. The standard InChI is InChI=1S/C22H34O3/c1-17(2)22-13-11-20(16-24-19(4)23)10-6-8-18(3)9-7-12-21(5,25-22)14-15-22/h9-11,13,17H,6-8,12,14-16H2,1-5H3/b13-11+,18-9+,20-10+/t21-,22+/m0/s1. The predicted octanol–water partition coefficient (Wildman–Crippen LogP) is 5.52. The van der Waals surface area contributed by atoms with Crippen LogP contribution in [-0.4, -0.2) is 23.8 Å². The van der Waals surface area contributed by atoms with Gasteiger partial charge < -0.3 is 9.47 Å². The first kappa shape index (κ1) is 20.0. The van der Waals surface area contributed by atoms with Crippen LogP contribution < -0.4 is 0 Å². The Bertz CT molecular complexity index is 570. The molecule has 0 radical (unpaired) electrons. The van der Waals surface area contributed by atoms with Crippen LogP contribution >= 0.6 is 0 Å². The molecule has 25 heavy (non-hydrogen) atoms. The molecule has 2 bridgehead atoms. The summed E-state index contributed by atoms with van der Waals surface area (Å²) in [4.78, 5) is 11.2. The molecule has 3 nitrogen and oxygen atoms in total. The van der Waals surface area contributed by atoms with Crippen LogP contribution in [0.25, 0.3) is 0 Å². The lowest BCUT2D eigenvalue weighted by atomic mass is 9.85. The number of hydrogen-bond acceptors (Lipinski definition) is 3. The first-order valence-corrected chi connectivity index (χ1v) is 9.62. The predicted molar refractivity (Wildman–Crippen MR) is 102 cm³/mol. The molecule has 1 fully saturated rings. The molecule has 3 heteroatoms. The molecule has 0 aromatic rings. The zero-order chi connectivity index (χ0) is 18.5. The van der Waals surface area contributed by atoms with E-state index in [0.29, 0.717) is 12.5 Å². The molecule has 2 aliphatic rings. The summed E-state index contributed by atoms with van der Waals surface area (Å²) in [6, 6.07) is 0. The van der Waals surface area contributed by atoms with Gasteiger partial charge in [0.05, 0.1) is 11.2 Å². The van der Waals surface area contributed by atoms with E-state index in [1.165, 1.54) is 12.5 Å². The van der Waals surface area contributed by atoms with E-state index in [-0.39, 0.29) is 17.2 Å². The summed E-state index contributed by atoms with van der Waals surface area (Å²) >= 11 is 0. The fourth-order valence-corrected chi connectivity index (χ4v) is 3.73. The summed E-state index contributed by atoms with van der Waals surface area (Å²) in [6.45, 7) is 10.7.